The van der Waals surface area contributed by atoms with E-state index in [4.69, 9.17) is 10.3 Å². The van der Waals surface area contributed by atoms with Crippen molar-refractivity contribution in [2.75, 3.05) is 6.54 Å². The van der Waals surface area contributed by atoms with Crippen LogP contribution in [-0.4, -0.2) is 43.0 Å². The normalized spacial score (nSPS) is 59.1. The first-order valence-electron chi connectivity index (χ1n) is 10.2. The number of dihydropyridines is 1. The van der Waals surface area contributed by atoms with Crippen LogP contribution in [0.4, 0.5) is 0 Å². The first-order valence-corrected chi connectivity index (χ1v) is 10.2. The Labute approximate surface area is 139 Å². The van der Waals surface area contributed by atoms with Gasteiger partial charge in [-0.3, -0.25) is 4.99 Å². The third kappa shape index (κ3) is 1.76. The predicted molar refractivity (Wildman–Crippen MR) is 92.0 cm³/mol. The van der Waals surface area contributed by atoms with E-state index in [0.29, 0.717) is 12.1 Å². The SMILES string of the molecule is C1=CC2C(N=C1)C1CCC2[NH+]2CCC3C4CCCCC4[N-]C3C12. The molecule has 2 saturated carbocycles. The van der Waals surface area contributed by atoms with Crippen LogP contribution in [0.15, 0.2) is 17.1 Å². The lowest BCUT2D eigenvalue weighted by atomic mass is 9.60. The Morgan fingerprint density at radius 2 is 1.91 bits per heavy atom. The van der Waals surface area contributed by atoms with Crippen molar-refractivity contribution in [3.05, 3.63) is 17.5 Å². The topological polar surface area (TPSA) is 30.9 Å². The molecule has 10 unspecified atom stereocenters. The van der Waals surface area contributed by atoms with Gasteiger partial charge in [0, 0.05) is 18.6 Å². The molecule has 2 bridgehead atoms. The minimum absolute atomic E-state index is 0.587. The van der Waals surface area contributed by atoms with Crippen molar-refractivity contribution in [2.24, 2.45) is 28.7 Å². The van der Waals surface area contributed by atoms with E-state index in [0.717, 1.165) is 41.8 Å². The van der Waals surface area contributed by atoms with E-state index in [1.165, 1.54) is 51.5 Å². The standard InChI is InChI=1S/C20H28N3/c1-2-6-16-12(4-1)13-9-11-23-17-8-7-15(20(23)19(13)22-16)18-14(17)5-3-10-21-18/h3,5,10,12-20H,1-2,4,6-9,11H2/q-1/p+1. The molecule has 0 radical (unpaired) electrons. The van der Waals surface area contributed by atoms with E-state index in [1.54, 1.807) is 0 Å². The van der Waals surface area contributed by atoms with Crippen molar-refractivity contribution in [3.8, 4) is 0 Å². The van der Waals surface area contributed by atoms with E-state index in [-0.39, 0.29) is 0 Å². The average molecular weight is 311 g/mol. The summed E-state index contributed by atoms with van der Waals surface area (Å²) in [6.07, 6.45) is 16.8. The van der Waals surface area contributed by atoms with Crippen LogP contribution in [0.2, 0.25) is 0 Å². The number of fused-ring (bicyclic) bond motifs is 4. The zero-order valence-electron chi connectivity index (χ0n) is 14.0. The fraction of sp³-hybridized carbons (Fsp3) is 0.850. The predicted octanol–water partition coefficient (Wildman–Crippen LogP) is 1.99. The van der Waals surface area contributed by atoms with Crippen LogP contribution in [0.3, 0.4) is 0 Å². The van der Waals surface area contributed by atoms with Crippen molar-refractivity contribution in [3.63, 3.8) is 0 Å². The molecule has 1 N–H and O–H groups in total. The van der Waals surface area contributed by atoms with Crippen molar-refractivity contribution in [2.45, 2.75) is 75.2 Å². The van der Waals surface area contributed by atoms with Gasteiger partial charge >= 0.3 is 0 Å². The van der Waals surface area contributed by atoms with Crippen LogP contribution < -0.4 is 4.90 Å². The van der Waals surface area contributed by atoms with Gasteiger partial charge in [0.25, 0.3) is 0 Å². The molecule has 0 aromatic rings. The maximum Gasteiger partial charge on any atom is 0.0961 e. The number of hydrogen-bond donors (Lipinski definition) is 1. The zero-order chi connectivity index (χ0) is 15.0. The van der Waals surface area contributed by atoms with Crippen LogP contribution in [0.25, 0.3) is 5.32 Å². The molecule has 0 amide bonds. The van der Waals surface area contributed by atoms with Gasteiger partial charge in [0.05, 0.1) is 30.6 Å². The second-order valence-corrected chi connectivity index (χ2v) is 9.06. The van der Waals surface area contributed by atoms with Gasteiger partial charge in [0.1, 0.15) is 0 Å². The fourth-order valence-electron chi connectivity index (χ4n) is 7.70. The van der Waals surface area contributed by atoms with Crippen LogP contribution in [0, 0.1) is 23.7 Å². The lowest BCUT2D eigenvalue weighted by molar-refractivity contribution is -0.975. The molecule has 3 nitrogen and oxygen atoms in total. The van der Waals surface area contributed by atoms with Crippen molar-refractivity contribution in [1.82, 2.24) is 0 Å². The molecule has 6 fully saturated rings. The van der Waals surface area contributed by atoms with Gasteiger partial charge in [-0.25, -0.2) is 0 Å². The smallest absolute Gasteiger partial charge is 0.0961 e. The van der Waals surface area contributed by atoms with Gasteiger partial charge in [-0.1, -0.05) is 43.7 Å². The summed E-state index contributed by atoms with van der Waals surface area (Å²) in [7, 11) is 0. The Morgan fingerprint density at radius 1 is 0.957 bits per heavy atom. The first-order chi connectivity index (χ1) is 11.4. The molecule has 5 heterocycles. The summed E-state index contributed by atoms with van der Waals surface area (Å²) in [4.78, 5) is 6.90. The highest BCUT2D eigenvalue weighted by Crippen LogP contribution is 2.51. The van der Waals surface area contributed by atoms with Gasteiger partial charge in [-0.05, 0) is 24.8 Å². The molecule has 23 heavy (non-hydrogen) atoms. The Morgan fingerprint density at radius 3 is 2.91 bits per heavy atom. The Balaban J connectivity index is 1.36. The van der Waals surface area contributed by atoms with Crippen LogP contribution in [0.1, 0.15) is 44.9 Å². The van der Waals surface area contributed by atoms with Gasteiger partial charge in [0.2, 0.25) is 0 Å². The maximum atomic E-state index is 5.48. The Bertz CT molecular complexity index is 555. The van der Waals surface area contributed by atoms with Crippen molar-refractivity contribution >= 4 is 6.21 Å². The second-order valence-electron chi connectivity index (χ2n) is 9.06. The number of allylic oxidation sites excluding steroid dienone is 1. The second kappa shape index (κ2) is 4.92. The van der Waals surface area contributed by atoms with E-state index < -0.39 is 0 Å². The minimum atomic E-state index is 0.587. The third-order valence-corrected chi connectivity index (χ3v) is 8.42. The molecular formula is C20H29N3. The van der Waals surface area contributed by atoms with E-state index in [1.807, 2.05) is 4.90 Å². The van der Waals surface area contributed by atoms with Crippen LogP contribution >= 0.6 is 0 Å². The Kier molecular flexibility index (Phi) is 2.91. The number of hydrogen-bond acceptors (Lipinski definition) is 1. The summed E-state index contributed by atoms with van der Waals surface area (Å²) in [5.74, 6) is 3.40. The lowest BCUT2D eigenvalue weighted by Crippen LogP contribution is -3.25. The number of piperidine rings is 3. The molecule has 0 aromatic heterocycles. The van der Waals surface area contributed by atoms with Crippen LogP contribution in [0.5, 0.6) is 0 Å². The van der Waals surface area contributed by atoms with E-state index in [2.05, 4.69) is 18.4 Å². The summed E-state index contributed by atoms with van der Waals surface area (Å²) in [6, 6.07) is 3.64. The Hall–Kier alpha value is -0.670. The molecule has 124 valence electrons. The average Bonchev–Trinajstić information content (AvgIpc) is 3.01. The monoisotopic (exact) mass is 311 g/mol. The molecular weight excluding hydrogens is 282 g/mol. The van der Waals surface area contributed by atoms with E-state index in [9.17, 15) is 0 Å². The molecule has 4 saturated heterocycles. The molecule has 5 aliphatic heterocycles. The van der Waals surface area contributed by atoms with Crippen molar-refractivity contribution in [1.29, 1.82) is 0 Å². The number of quaternary nitrogens is 1. The largest absolute Gasteiger partial charge is 0.651 e. The summed E-state index contributed by atoms with van der Waals surface area (Å²) in [5.41, 5.74) is 0. The van der Waals surface area contributed by atoms with Gasteiger partial charge in [-0.15, -0.1) is 6.04 Å². The van der Waals surface area contributed by atoms with Gasteiger partial charge in [0.15, 0.2) is 0 Å². The van der Waals surface area contributed by atoms with Gasteiger partial charge < -0.3 is 10.2 Å². The highest BCUT2D eigenvalue weighted by atomic mass is 15.3. The summed E-state index contributed by atoms with van der Waals surface area (Å²) in [5, 5.41) is 5.48. The number of nitrogens with zero attached hydrogens (tertiary/aromatic N) is 2. The summed E-state index contributed by atoms with van der Waals surface area (Å²) < 4.78 is 0. The molecule has 0 aromatic carbocycles. The molecule has 2 aliphatic carbocycles. The minimum Gasteiger partial charge on any atom is -0.651 e. The maximum absolute atomic E-state index is 5.48. The lowest BCUT2D eigenvalue weighted by Gasteiger charge is -2.61. The quantitative estimate of drug-likeness (QED) is 0.709. The summed E-state index contributed by atoms with van der Waals surface area (Å²) in [6.45, 7) is 1.42. The molecule has 0 spiro atoms. The molecule has 7 aliphatic rings. The fourth-order valence-corrected chi connectivity index (χ4v) is 7.70. The summed E-state index contributed by atoms with van der Waals surface area (Å²) >= 11 is 0. The third-order valence-electron chi connectivity index (χ3n) is 8.42. The van der Waals surface area contributed by atoms with Crippen LogP contribution in [-0.2, 0) is 0 Å². The highest BCUT2D eigenvalue weighted by Gasteiger charge is 2.59. The zero-order valence-corrected chi connectivity index (χ0v) is 14.0. The van der Waals surface area contributed by atoms with Gasteiger partial charge in [-0.2, -0.15) is 0 Å². The first kappa shape index (κ1) is 13.6. The number of nitrogens with one attached hydrogen (secondary N) is 1. The number of rotatable bonds is 0. The highest BCUT2D eigenvalue weighted by molar-refractivity contribution is 5.72. The number of aliphatic imine (C=N–C) groups is 1. The van der Waals surface area contributed by atoms with Crippen molar-refractivity contribution < 1.29 is 4.90 Å². The van der Waals surface area contributed by atoms with E-state index >= 15 is 0 Å². The molecule has 3 heteroatoms. The molecule has 7 rings (SSSR count). The molecule has 10 atom stereocenters.